The smallest absolute Gasteiger partial charge is 0.0377 e. The van der Waals surface area contributed by atoms with E-state index in [1.165, 1.54) is 42.5 Å². The minimum Gasteiger partial charge on any atom is -0.381 e. The lowest BCUT2D eigenvalue weighted by atomic mass is 9.90. The van der Waals surface area contributed by atoms with E-state index in [1.54, 1.807) is 0 Å². The lowest BCUT2D eigenvalue weighted by molar-refractivity contribution is 0.686. The lowest BCUT2D eigenvalue weighted by Gasteiger charge is -2.19. The summed E-state index contributed by atoms with van der Waals surface area (Å²) in [4.78, 5) is 0. The Balaban J connectivity index is 2.25. The van der Waals surface area contributed by atoms with Gasteiger partial charge in [-0.15, -0.1) is 6.58 Å². The second-order valence-electron chi connectivity index (χ2n) is 3.82. The molecule has 0 spiro atoms. The predicted molar refractivity (Wildman–Crippen MR) is 61.8 cm³/mol. The Morgan fingerprint density at radius 2 is 2.14 bits per heavy atom. The van der Waals surface area contributed by atoms with E-state index in [4.69, 9.17) is 0 Å². The second-order valence-corrected chi connectivity index (χ2v) is 3.82. The standard InChI is InChI=1S/C13H17N/c1-2-10-14-13-9-5-7-11-6-3-4-8-12(11)13/h2,5,7,9,14H,1,3-4,6,8,10H2. The zero-order chi connectivity index (χ0) is 9.80. The molecular weight excluding hydrogens is 170 g/mol. The molecule has 0 fully saturated rings. The van der Waals surface area contributed by atoms with Gasteiger partial charge in [-0.1, -0.05) is 18.2 Å². The van der Waals surface area contributed by atoms with Crippen LogP contribution in [0, 0.1) is 0 Å². The first-order chi connectivity index (χ1) is 6.92. The van der Waals surface area contributed by atoms with Crippen LogP contribution in [0.25, 0.3) is 0 Å². The van der Waals surface area contributed by atoms with Crippen LogP contribution in [0.4, 0.5) is 5.69 Å². The summed E-state index contributed by atoms with van der Waals surface area (Å²) in [6.07, 6.45) is 7.06. The third-order valence-corrected chi connectivity index (χ3v) is 2.83. The van der Waals surface area contributed by atoms with Crippen LogP contribution < -0.4 is 5.32 Å². The molecule has 0 saturated carbocycles. The van der Waals surface area contributed by atoms with E-state index in [0.717, 1.165) is 6.54 Å². The highest BCUT2D eigenvalue weighted by Crippen LogP contribution is 2.27. The van der Waals surface area contributed by atoms with E-state index in [0.29, 0.717) is 0 Å². The highest BCUT2D eigenvalue weighted by molar-refractivity contribution is 5.55. The summed E-state index contributed by atoms with van der Waals surface area (Å²) in [7, 11) is 0. The summed E-state index contributed by atoms with van der Waals surface area (Å²) in [5.41, 5.74) is 4.37. The Kier molecular flexibility index (Phi) is 2.87. The lowest BCUT2D eigenvalue weighted by Crippen LogP contribution is -2.08. The van der Waals surface area contributed by atoms with Crippen LogP contribution in [0.3, 0.4) is 0 Å². The quantitative estimate of drug-likeness (QED) is 0.717. The molecule has 0 aliphatic heterocycles. The number of hydrogen-bond acceptors (Lipinski definition) is 1. The third-order valence-electron chi connectivity index (χ3n) is 2.83. The number of fused-ring (bicyclic) bond motifs is 1. The number of hydrogen-bond donors (Lipinski definition) is 1. The highest BCUT2D eigenvalue weighted by Gasteiger charge is 2.11. The molecule has 74 valence electrons. The van der Waals surface area contributed by atoms with Crippen molar-refractivity contribution < 1.29 is 0 Å². The molecule has 0 saturated heterocycles. The van der Waals surface area contributed by atoms with Crippen molar-refractivity contribution in [2.45, 2.75) is 25.7 Å². The largest absolute Gasteiger partial charge is 0.381 e. The van der Waals surface area contributed by atoms with Crippen molar-refractivity contribution >= 4 is 5.69 Å². The van der Waals surface area contributed by atoms with Crippen molar-refractivity contribution in [1.82, 2.24) is 0 Å². The van der Waals surface area contributed by atoms with E-state index >= 15 is 0 Å². The van der Waals surface area contributed by atoms with Gasteiger partial charge in [0.2, 0.25) is 0 Å². The first-order valence-corrected chi connectivity index (χ1v) is 5.37. The molecule has 1 nitrogen and oxygen atoms in total. The number of aryl methyl sites for hydroxylation is 1. The van der Waals surface area contributed by atoms with Gasteiger partial charge in [-0.2, -0.15) is 0 Å². The number of rotatable bonds is 3. The molecule has 0 radical (unpaired) electrons. The van der Waals surface area contributed by atoms with Crippen LogP contribution in [-0.4, -0.2) is 6.54 Å². The SMILES string of the molecule is C=CCNc1cccc2c1CCCC2. The molecule has 0 atom stereocenters. The maximum atomic E-state index is 3.73. The fourth-order valence-corrected chi connectivity index (χ4v) is 2.13. The van der Waals surface area contributed by atoms with Crippen LogP contribution in [0.2, 0.25) is 0 Å². The Labute approximate surface area is 85.8 Å². The summed E-state index contributed by atoms with van der Waals surface area (Å²) in [5, 5.41) is 3.40. The molecule has 0 aromatic heterocycles. The molecule has 1 aromatic carbocycles. The minimum absolute atomic E-state index is 0.858. The number of anilines is 1. The Morgan fingerprint density at radius 3 is 3.00 bits per heavy atom. The first-order valence-electron chi connectivity index (χ1n) is 5.37. The summed E-state index contributed by atoms with van der Waals surface area (Å²) in [6, 6.07) is 6.58. The molecule has 14 heavy (non-hydrogen) atoms. The van der Waals surface area contributed by atoms with Crippen molar-refractivity contribution in [2.75, 3.05) is 11.9 Å². The molecule has 1 aliphatic carbocycles. The number of benzene rings is 1. The maximum Gasteiger partial charge on any atom is 0.0377 e. The molecule has 2 rings (SSSR count). The van der Waals surface area contributed by atoms with Gasteiger partial charge in [-0.05, 0) is 42.9 Å². The zero-order valence-corrected chi connectivity index (χ0v) is 8.55. The van der Waals surface area contributed by atoms with Crippen LogP contribution in [0.15, 0.2) is 30.9 Å². The fraction of sp³-hybridized carbons (Fsp3) is 0.385. The molecule has 0 amide bonds. The molecule has 1 aromatic rings. The van der Waals surface area contributed by atoms with Crippen LogP contribution in [-0.2, 0) is 12.8 Å². The van der Waals surface area contributed by atoms with Gasteiger partial charge >= 0.3 is 0 Å². The first kappa shape index (κ1) is 9.32. The summed E-state index contributed by atoms with van der Waals surface area (Å²) in [5.74, 6) is 0. The van der Waals surface area contributed by atoms with Gasteiger partial charge in [0.05, 0.1) is 0 Å². The average molecular weight is 187 g/mol. The molecule has 1 heteroatoms. The van der Waals surface area contributed by atoms with E-state index in [9.17, 15) is 0 Å². The highest BCUT2D eigenvalue weighted by atomic mass is 14.9. The van der Waals surface area contributed by atoms with Crippen molar-refractivity contribution in [3.63, 3.8) is 0 Å². The third kappa shape index (κ3) is 1.82. The van der Waals surface area contributed by atoms with Crippen molar-refractivity contribution in [3.8, 4) is 0 Å². The van der Waals surface area contributed by atoms with Crippen LogP contribution in [0.5, 0.6) is 0 Å². The summed E-state index contributed by atoms with van der Waals surface area (Å²) >= 11 is 0. The second kappa shape index (κ2) is 4.32. The van der Waals surface area contributed by atoms with Gasteiger partial charge in [0, 0.05) is 12.2 Å². The molecule has 1 N–H and O–H groups in total. The van der Waals surface area contributed by atoms with Crippen LogP contribution >= 0.6 is 0 Å². The summed E-state index contributed by atoms with van der Waals surface area (Å²) < 4.78 is 0. The van der Waals surface area contributed by atoms with Gasteiger partial charge in [0.15, 0.2) is 0 Å². The normalized spacial score (nSPS) is 14.6. The van der Waals surface area contributed by atoms with E-state index < -0.39 is 0 Å². The van der Waals surface area contributed by atoms with Crippen molar-refractivity contribution in [1.29, 1.82) is 0 Å². The Morgan fingerprint density at radius 1 is 1.29 bits per heavy atom. The molecule has 1 aliphatic rings. The molecule has 0 heterocycles. The van der Waals surface area contributed by atoms with Gasteiger partial charge in [0.1, 0.15) is 0 Å². The maximum absolute atomic E-state index is 3.73. The van der Waals surface area contributed by atoms with Gasteiger partial charge < -0.3 is 5.32 Å². The molecular formula is C13H17N. The molecule has 0 unspecified atom stereocenters. The fourth-order valence-electron chi connectivity index (χ4n) is 2.13. The minimum atomic E-state index is 0.858. The molecule has 0 bridgehead atoms. The van der Waals surface area contributed by atoms with Gasteiger partial charge in [0.25, 0.3) is 0 Å². The monoisotopic (exact) mass is 187 g/mol. The Bertz CT molecular complexity index is 328. The van der Waals surface area contributed by atoms with Gasteiger partial charge in [-0.25, -0.2) is 0 Å². The topological polar surface area (TPSA) is 12.0 Å². The van der Waals surface area contributed by atoms with Crippen molar-refractivity contribution in [2.24, 2.45) is 0 Å². The van der Waals surface area contributed by atoms with E-state index in [2.05, 4.69) is 30.1 Å². The predicted octanol–water partition coefficient (Wildman–Crippen LogP) is 3.16. The van der Waals surface area contributed by atoms with E-state index in [-0.39, 0.29) is 0 Å². The summed E-state index contributed by atoms with van der Waals surface area (Å²) in [6.45, 7) is 4.58. The Hall–Kier alpha value is -1.24. The van der Waals surface area contributed by atoms with Crippen LogP contribution in [0.1, 0.15) is 24.0 Å². The zero-order valence-electron chi connectivity index (χ0n) is 8.55. The average Bonchev–Trinajstić information content (AvgIpc) is 2.26. The van der Waals surface area contributed by atoms with E-state index in [1.807, 2.05) is 6.08 Å². The van der Waals surface area contributed by atoms with Crippen molar-refractivity contribution in [3.05, 3.63) is 42.0 Å². The van der Waals surface area contributed by atoms with Gasteiger partial charge in [-0.3, -0.25) is 0 Å². The number of nitrogens with one attached hydrogen (secondary N) is 1.